The first kappa shape index (κ1) is 8.55. The number of hydrogen-bond acceptors (Lipinski definition) is 4. The van der Waals surface area contributed by atoms with E-state index in [2.05, 4.69) is 10.1 Å². The van der Waals surface area contributed by atoms with Crippen molar-refractivity contribution in [1.29, 1.82) is 0 Å². The van der Waals surface area contributed by atoms with Gasteiger partial charge in [-0.25, -0.2) is 9.67 Å². The van der Waals surface area contributed by atoms with E-state index in [1.54, 1.807) is 22.8 Å². The van der Waals surface area contributed by atoms with E-state index in [1.165, 1.54) is 0 Å². The Hall–Kier alpha value is -0.550. The van der Waals surface area contributed by atoms with Crippen molar-refractivity contribution in [3.8, 4) is 0 Å². The van der Waals surface area contributed by atoms with Gasteiger partial charge in [0, 0.05) is 18.8 Å². The molecule has 0 aliphatic carbocycles. The summed E-state index contributed by atoms with van der Waals surface area (Å²) >= 11 is 1.63. The molecule has 0 radical (unpaired) electrons. The maximum atomic E-state index is 5.58. The smallest absolute Gasteiger partial charge is 0.185 e. The molecule has 2 N–H and O–H groups in total. The molecule has 0 aliphatic heterocycles. The zero-order valence-electron chi connectivity index (χ0n) is 6.69. The van der Waals surface area contributed by atoms with E-state index < -0.39 is 0 Å². The van der Waals surface area contributed by atoms with Crippen LogP contribution in [-0.4, -0.2) is 26.6 Å². The third-order valence-electron chi connectivity index (χ3n) is 1.15. The van der Waals surface area contributed by atoms with Crippen molar-refractivity contribution in [3.05, 3.63) is 6.33 Å². The third kappa shape index (κ3) is 2.51. The Morgan fingerprint density at radius 2 is 2.55 bits per heavy atom. The first-order valence-corrected chi connectivity index (χ1v) is 4.41. The first-order valence-electron chi connectivity index (χ1n) is 3.42. The predicted molar refractivity (Wildman–Crippen MR) is 45.4 cm³/mol. The molecule has 0 aromatic carbocycles. The Labute approximate surface area is 70.2 Å². The fourth-order valence-electron chi connectivity index (χ4n) is 0.622. The normalized spacial score (nSPS) is 13.4. The Bertz CT molecular complexity index is 220. The van der Waals surface area contributed by atoms with Crippen LogP contribution < -0.4 is 5.73 Å². The summed E-state index contributed by atoms with van der Waals surface area (Å²) in [4.78, 5) is 4.05. The Kier molecular flexibility index (Phi) is 2.90. The molecule has 0 amide bonds. The number of aryl methyl sites for hydroxylation is 1. The van der Waals surface area contributed by atoms with Crippen LogP contribution >= 0.6 is 11.8 Å². The van der Waals surface area contributed by atoms with Crippen molar-refractivity contribution in [2.24, 2.45) is 12.8 Å². The monoisotopic (exact) mass is 172 g/mol. The van der Waals surface area contributed by atoms with Gasteiger partial charge >= 0.3 is 0 Å². The van der Waals surface area contributed by atoms with E-state index in [-0.39, 0.29) is 6.04 Å². The van der Waals surface area contributed by atoms with Crippen LogP contribution in [0.5, 0.6) is 0 Å². The Morgan fingerprint density at radius 3 is 3.00 bits per heavy atom. The molecule has 1 atom stereocenters. The summed E-state index contributed by atoms with van der Waals surface area (Å²) < 4.78 is 1.74. The summed E-state index contributed by atoms with van der Waals surface area (Å²) in [6.07, 6.45) is 1.55. The average Bonchev–Trinajstić information content (AvgIpc) is 2.31. The van der Waals surface area contributed by atoms with Gasteiger partial charge in [-0.3, -0.25) is 0 Å². The molecule has 1 unspecified atom stereocenters. The Morgan fingerprint density at radius 1 is 1.82 bits per heavy atom. The topological polar surface area (TPSA) is 56.7 Å². The van der Waals surface area contributed by atoms with E-state index in [1.807, 2.05) is 14.0 Å². The van der Waals surface area contributed by atoms with E-state index in [0.717, 1.165) is 10.9 Å². The summed E-state index contributed by atoms with van der Waals surface area (Å²) in [5.41, 5.74) is 5.58. The number of thioether (sulfide) groups is 1. The quantitative estimate of drug-likeness (QED) is 0.664. The summed E-state index contributed by atoms with van der Waals surface area (Å²) in [6, 6.07) is 0.205. The standard InChI is InChI=1S/C6H12N4S/c1-5(7)3-11-6-8-4-9-10(6)2/h4-5H,3,7H2,1-2H3. The second-order valence-corrected chi connectivity index (χ2v) is 3.44. The molecular formula is C6H12N4S. The summed E-state index contributed by atoms with van der Waals surface area (Å²) in [7, 11) is 1.87. The molecule has 0 aliphatic rings. The SMILES string of the molecule is CC(N)CSc1ncnn1C. The molecule has 0 saturated heterocycles. The van der Waals surface area contributed by atoms with Crippen LogP contribution in [0.2, 0.25) is 0 Å². The summed E-state index contributed by atoms with van der Waals surface area (Å²) in [5.74, 6) is 0.881. The zero-order valence-corrected chi connectivity index (χ0v) is 7.51. The van der Waals surface area contributed by atoms with Gasteiger partial charge in [0.25, 0.3) is 0 Å². The molecule has 0 saturated carbocycles. The second-order valence-electron chi connectivity index (χ2n) is 2.45. The van der Waals surface area contributed by atoms with Crippen molar-refractivity contribution in [2.75, 3.05) is 5.75 Å². The fourth-order valence-corrected chi connectivity index (χ4v) is 1.39. The van der Waals surface area contributed by atoms with Gasteiger partial charge in [-0.05, 0) is 6.92 Å². The van der Waals surface area contributed by atoms with Crippen LogP contribution in [0.25, 0.3) is 0 Å². The van der Waals surface area contributed by atoms with Gasteiger partial charge in [-0.1, -0.05) is 11.8 Å². The molecule has 1 rings (SSSR count). The summed E-state index contributed by atoms with van der Waals surface area (Å²) in [5, 5.41) is 4.86. The lowest BCUT2D eigenvalue weighted by molar-refractivity contribution is 0.683. The van der Waals surface area contributed by atoms with Crippen molar-refractivity contribution in [3.63, 3.8) is 0 Å². The molecular weight excluding hydrogens is 160 g/mol. The maximum absolute atomic E-state index is 5.58. The highest BCUT2D eigenvalue weighted by Gasteiger charge is 2.01. The van der Waals surface area contributed by atoms with Gasteiger partial charge in [0.2, 0.25) is 0 Å². The predicted octanol–water partition coefficient (Wildman–Crippen LogP) is 0.254. The van der Waals surface area contributed by atoms with Crippen molar-refractivity contribution < 1.29 is 0 Å². The van der Waals surface area contributed by atoms with Gasteiger partial charge < -0.3 is 5.73 Å². The molecule has 4 nitrogen and oxygen atoms in total. The summed E-state index contributed by atoms with van der Waals surface area (Å²) in [6.45, 7) is 1.98. The lowest BCUT2D eigenvalue weighted by Gasteiger charge is -2.02. The highest BCUT2D eigenvalue weighted by molar-refractivity contribution is 7.99. The largest absolute Gasteiger partial charge is 0.327 e. The highest BCUT2D eigenvalue weighted by atomic mass is 32.2. The number of hydrogen-bond donors (Lipinski definition) is 1. The molecule has 1 heterocycles. The van der Waals surface area contributed by atoms with Crippen LogP contribution in [0.3, 0.4) is 0 Å². The number of nitrogens with zero attached hydrogens (tertiary/aromatic N) is 3. The lowest BCUT2D eigenvalue weighted by atomic mass is 10.4. The molecule has 0 bridgehead atoms. The minimum absolute atomic E-state index is 0.205. The van der Waals surface area contributed by atoms with Crippen LogP contribution in [-0.2, 0) is 7.05 Å². The van der Waals surface area contributed by atoms with Crippen LogP contribution in [0.4, 0.5) is 0 Å². The molecule has 0 spiro atoms. The van der Waals surface area contributed by atoms with Crippen LogP contribution in [0.1, 0.15) is 6.92 Å². The van der Waals surface area contributed by atoms with E-state index in [0.29, 0.717) is 0 Å². The van der Waals surface area contributed by atoms with Gasteiger partial charge in [-0.15, -0.1) is 0 Å². The van der Waals surface area contributed by atoms with E-state index >= 15 is 0 Å². The molecule has 11 heavy (non-hydrogen) atoms. The fraction of sp³-hybridized carbons (Fsp3) is 0.667. The van der Waals surface area contributed by atoms with E-state index in [9.17, 15) is 0 Å². The van der Waals surface area contributed by atoms with Crippen LogP contribution in [0, 0.1) is 0 Å². The van der Waals surface area contributed by atoms with Crippen molar-refractivity contribution in [1.82, 2.24) is 14.8 Å². The van der Waals surface area contributed by atoms with Crippen LogP contribution in [0.15, 0.2) is 11.5 Å². The molecule has 1 aromatic heterocycles. The van der Waals surface area contributed by atoms with E-state index in [4.69, 9.17) is 5.73 Å². The highest BCUT2D eigenvalue weighted by Crippen LogP contribution is 2.12. The van der Waals surface area contributed by atoms with Gasteiger partial charge in [-0.2, -0.15) is 5.10 Å². The zero-order chi connectivity index (χ0) is 8.27. The first-order chi connectivity index (χ1) is 5.20. The maximum Gasteiger partial charge on any atom is 0.185 e. The molecule has 5 heteroatoms. The van der Waals surface area contributed by atoms with Gasteiger partial charge in [0.1, 0.15) is 6.33 Å². The minimum atomic E-state index is 0.205. The number of aromatic nitrogens is 3. The third-order valence-corrected chi connectivity index (χ3v) is 2.47. The Balaban J connectivity index is 2.44. The number of nitrogens with two attached hydrogens (primary N) is 1. The molecule has 0 fully saturated rings. The average molecular weight is 172 g/mol. The van der Waals surface area contributed by atoms with Crippen molar-refractivity contribution in [2.45, 2.75) is 18.1 Å². The van der Waals surface area contributed by atoms with Crippen molar-refractivity contribution >= 4 is 11.8 Å². The molecule has 62 valence electrons. The minimum Gasteiger partial charge on any atom is -0.327 e. The van der Waals surface area contributed by atoms with Gasteiger partial charge in [0.15, 0.2) is 5.16 Å². The van der Waals surface area contributed by atoms with Gasteiger partial charge in [0.05, 0.1) is 0 Å². The lowest BCUT2D eigenvalue weighted by Crippen LogP contribution is -2.17. The molecule has 1 aromatic rings. The second kappa shape index (κ2) is 3.73. The number of rotatable bonds is 3.